The number of anilines is 1. The predicted molar refractivity (Wildman–Crippen MR) is 131 cm³/mol. The number of carbonyl (C=O) groups is 2. The van der Waals surface area contributed by atoms with Crippen molar-refractivity contribution in [1.29, 1.82) is 0 Å². The Labute approximate surface area is 202 Å². The summed E-state index contributed by atoms with van der Waals surface area (Å²) in [5, 5.41) is 8.58. The number of fused-ring (bicyclic) bond motifs is 1. The molecule has 3 aromatic rings. The maximum atomic E-state index is 13.4. The second kappa shape index (κ2) is 8.76. The second-order valence-corrected chi connectivity index (χ2v) is 10.3. The lowest BCUT2D eigenvalue weighted by Crippen LogP contribution is -2.36. The number of aromatic nitrogens is 3. The van der Waals surface area contributed by atoms with Gasteiger partial charge >= 0.3 is 0 Å². The molecule has 0 spiro atoms. The number of hydrogen-bond acceptors (Lipinski definition) is 7. The van der Waals surface area contributed by atoms with Crippen molar-refractivity contribution in [2.75, 3.05) is 18.2 Å². The number of rotatable bonds is 6. The molecule has 34 heavy (non-hydrogen) atoms. The Morgan fingerprint density at radius 3 is 2.65 bits per heavy atom. The monoisotopic (exact) mass is 474 g/mol. The highest BCUT2D eigenvalue weighted by Gasteiger charge is 2.42. The van der Waals surface area contributed by atoms with Crippen molar-refractivity contribution in [2.45, 2.75) is 37.9 Å². The Morgan fingerprint density at radius 1 is 1.15 bits per heavy atom. The third kappa shape index (κ3) is 4.14. The lowest BCUT2D eigenvalue weighted by molar-refractivity contribution is -0.118. The van der Waals surface area contributed by atoms with Gasteiger partial charge in [-0.3, -0.25) is 9.59 Å². The SMILES string of the molecule is COc1ccccc1[C@H]1C2=C(CC(C)(C)CC2=O)Nc2nc(SCC(=O)c3ccccc3)nn21. The van der Waals surface area contributed by atoms with Gasteiger partial charge in [0.2, 0.25) is 11.1 Å². The van der Waals surface area contributed by atoms with Crippen LogP contribution in [0.1, 0.15) is 48.7 Å². The first-order valence-electron chi connectivity index (χ1n) is 11.2. The molecular weight excluding hydrogens is 448 g/mol. The van der Waals surface area contributed by atoms with E-state index in [2.05, 4.69) is 24.1 Å². The van der Waals surface area contributed by atoms with E-state index in [1.54, 1.807) is 23.9 Å². The first-order valence-corrected chi connectivity index (χ1v) is 12.2. The molecule has 2 heterocycles. The number of Topliss-reactive ketones (excluding diaryl/α,β-unsaturated/α-hetero) is 2. The molecule has 1 N–H and O–H groups in total. The molecule has 1 atom stereocenters. The van der Waals surface area contributed by atoms with E-state index in [4.69, 9.17) is 9.84 Å². The summed E-state index contributed by atoms with van der Waals surface area (Å²) in [5.41, 5.74) is 2.96. The quantitative estimate of drug-likeness (QED) is 0.401. The fourth-order valence-electron chi connectivity index (χ4n) is 4.67. The average Bonchev–Trinajstić information content (AvgIpc) is 3.23. The number of allylic oxidation sites excluding steroid dienone is 2. The van der Waals surface area contributed by atoms with E-state index < -0.39 is 6.04 Å². The molecule has 1 aromatic heterocycles. The number of hydrogen-bond donors (Lipinski definition) is 1. The van der Waals surface area contributed by atoms with Crippen LogP contribution in [-0.2, 0) is 4.79 Å². The van der Waals surface area contributed by atoms with Crippen LogP contribution in [0.3, 0.4) is 0 Å². The zero-order chi connectivity index (χ0) is 23.9. The van der Waals surface area contributed by atoms with Crippen LogP contribution in [0.4, 0.5) is 5.95 Å². The van der Waals surface area contributed by atoms with Crippen LogP contribution in [0.5, 0.6) is 5.75 Å². The summed E-state index contributed by atoms with van der Waals surface area (Å²) < 4.78 is 7.39. The molecule has 0 unspecified atom stereocenters. The maximum Gasteiger partial charge on any atom is 0.227 e. The molecular formula is C26H26N4O3S. The summed E-state index contributed by atoms with van der Waals surface area (Å²) in [5.74, 6) is 1.60. The topological polar surface area (TPSA) is 86.1 Å². The standard InChI is InChI=1S/C26H26N4O3S/c1-26(2)13-18-22(19(31)14-26)23(17-11-7-8-12-21(17)33-3)30-24(27-18)28-25(29-30)34-15-20(32)16-9-5-4-6-10-16/h4-12,23H,13-15H2,1-3H3,(H,27,28,29)/t23-/m0/s1. The zero-order valence-electron chi connectivity index (χ0n) is 19.4. The normalized spacial score (nSPS) is 18.7. The minimum Gasteiger partial charge on any atom is -0.496 e. The molecule has 2 aliphatic rings. The van der Waals surface area contributed by atoms with Crippen LogP contribution < -0.4 is 10.1 Å². The summed E-state index contributed by atoms with van der Waals surface area (Å²) in [6.07, 6.45) is 1.21. The van der Waals surface area contributed by atoms with Gasteiger partial charge in [-0.25, -0.2) is 4.68 Å². The van der Waals surface area contributed by atoms with Gasteiger partial charge in [0.15, 0.2) is 11.6 Å². The second-order valence-electron chi connectivity index (χ2n) is 9.34. The number of nitrogens with one attached hydrogen (secondary N) is 1. The summed E-state index contributed by atoms with van der Waals surface area (Å²) >= 11 is 1.29. The Hall–Kier alpha value is -3.39. The lowest BCUT2D eigenvalue weighted by Gasteiger charge is -2.38. The minimum atomic E-state index is -0.447. The van der Waals surface area contributed by atoms with Gasteiger partial charge in [-0.1, -0.05) is 74.1 Å². The van der Waals surface area contributed by atoms with E-state index in [1.165, 1.54) is 11.8 Å². The summed E-state index contributed by atoms with van der Waals surface area (Å²) in [6, 6.07) is 16.4. The van der Waals surface area contributed by atoms with Gasteiger partial charge in [0.05, 0.1) is 12.9 Å². The Bertz CT molecular complexity index is 1300. The van der Waals surface area contributed by atoms with Crippen molar-refractivity contribution in [2.24, 2.45) is 5.41 Å². The van der Waals surface area contributed by atoms with Crippen molar-refractivity contribution >= 4 is 29.3 Å². The van der Waals surface area contributed by atoms with Crippen molar-refractivity contribution in [3.8, 4) is 5.75 Å². The number of para-hydroxylation sites is 1. The van der Waals surface area contributed by atoms with Crippen molar-refractivity contribution in [3.63, 3.8) is 0 Å². The highest BCUT2D eigenvalue weighted by molar-refractivity contribution is 7.99. The van der Waals surface area contributed by atoms with Crippen LogP contribution in [-0.4, -0.2) is 39.2 Å². The van der Waals surface area contributed by atoms with Gasteiger partial charge in [0.1, 0.15) is 11.8 Å². The van der Waals surface area contributed by atoms with Crippen molar-refractivity contribution in [3.05, 3.63) is 77.0 Å². The molecule has 0 fully saturated rings. The van der Waals surface area contributed by atoms with E-state index in [0.29, 0.717) is 34.4 Å². The van der Waals surface area contributed by atoms with E-state index in [0.717, 1.165) is 17.7 Å². The van der Waals surface area contributed by atoms with E-state index in [9.17, 15) is 9.59 Å². The number of nitrogens with zero attached hydrogens (tertiary/aromatic N) is 3. The van der Waals surface area contributed by atoms with E-state index in [1.807, 2.05) is 42.5 Å². The molecule has 1 aliphatic heterocycles. The van der Waals surface area contributed by atoms with Crippen LogP contribution in [0.25, 0.3) is 0 Å². The van der Waals surface area contributed by atoms with Crippen molar-refractivity contribution < 1.29 is 14.3 Å². The molecule has 5 rings (SSSR count). The van der Waals surface area contributed by atoms with Crippen LogP contribution in [0.2, 0.25) is 0 Å². The molecule has 0 saturated carbocycles. The Balaban J connectivity index is 1.52. The number of ether oxygens (including phenoxy) is 1. The highest BCUT2D eigenvalue weighted by Crippen LogP contribution is 2.47. The fourth-order valence-corrected chi connectivity index (χ4v) is 5.39. The molecule has 0 bridgehead atoms. The van der Waals surface area contributed by atoms with Crippen LogP contribution >= 0.6 is 11.8 Å². The van der Waals surface area contributed by atoms with Gasteiger partial charge in [-0.05, 0) is 17.9 Å². The molecule has 174 valence electrons. The van der Waals surface area contributed by atoms with Gasteiger partial charge < -0.3 is 10.1 Å². The summed E-state index contributed by atoms with van der Waals surface area (Å²) in [4.78, 5) is 30.6. The number of ketones is 2. The minimum absolute atomic E-state index is 0.0157. The largest absolute Gasteiger partial charge is 0.496 e. The summed E-state index contributed by atoms with van der Waals surface area (Å²) in [6.45, 7) is 4.20. The molecule has 8 heteroatoms. The Morgan fingerprint density at radius 2 is 1.88 bits per heavy atom. The van der Waals surface area contributed by atoms with Gasteiger partial charge in [0.25, 0.3) is 0 Å². The molecule has 0 saturated heterocycles. The van der Waals surface area contributed by atoms with E-state index >= 15 is 0 Å². The average molecular weight is 475 g/mol. The number of benzene rings is 2. The van der Waals surface area contributed by atoms with Gasteiger partial charge in [-0.2, -0.15) is 4.98 Å². The number of carbonyl (C=O) groups excluding carboxylic acids is 2. The highest BCUT2D eigenvalue weighted by atomic mass is 32.2. The molecule has 1 aliphatic carbocycles. The first-order chi connectivity index (χ1) is 16.4. The number of thioether (sulfide) groups is 1. The third-order valence-corrected chi connectivity index (χ3v) is 7.01. The Kier molecular flexibility index (Phi) is 5.77. The van der Waals surface area contributed by atoms with Crippen LogP contribution in [0.15, 0.2) is 71.0 Å². The lowest BCUT2D eigenvalue weighted by atomic mass is 9.73. The van der Waals surface area contributed by atoms with Crippen LogP contribution in [0, 0.1) is 5.41 Å². The third-order valence-electron chi connectivity index (χ3n) is 6.17. The van der Waals surface area contributed by atoms with Gasteiger partial charge in [-0.15, -0.1) is 5.10 Å². The zero-order valence-corrected chi connectivity index (χ0v) is 20.2. The van der Waals surface area contributed by atoms with Crippen molar-refractivity contribution in [1.82, 2.24) is 14.8 Å². The number of methoxy groups -OCH3 is 1. The molecule has 7 nitrogen and oxygen atoms in total. The molecule has 0 amide bonds. The summed E-state index contributed by atoms with van der Waals surface area (Å²) in [7, 11) is 1.62. The first kappa shape index (κ1) is 22.4. The predicted octanol–water partition coefficient (Wildman–Crippen LogP) is 4.92. The molecule has 2 aromatic carbocycles. The van der Waals surface area contributed by atoms with E-state index in [-0.39, 0.29) is 22.7 Å². The smallest absolute Gasteiger partial charge is 0.227 e. The maximum absolute atomic E-state index is 13.4. The van der Waals surface area contributed by atoms with Gasteiger partial charge in [0, 0.05) is 28.8 Å². The molecule has 0 radical (unpaired) electrons. The fraction of sp³-hybridized carbons (Fsp3) is 0.308.